The zero-order valence-corrected chi connectivity index (χ0v) is 29.8. The minimum Gasteiger partial charge on any atom is -0.308 e. The number of nitriles is 2. The number of hydrogen-bond donors (Lipinski definition) is 0. The lowest BCUT2D eigenvalue weighted by Gasteiger charge is -2.16. The summed E-state index contributed by atoms with van der Waals surface area (Å²) in [6.07, 6.45) is 0. The van der Waals surface area contributed by atoms with Crippen molar-refractivity contribution in [1.82, 2.24) is 9.13 Å². The molecule has 0 unspecified atom stereocenters. The molecule has 0 saturated heterocycles. The molecule has 0 fully saturated rings. The van der Waals surface area contributed by atoms with Crippen LogP contribution in [-0.4, -0.2) is 9.13 Å². The van der Waals surface area contributed by atoms with Gasteiger partial charge in [-0.1, -0.05) is 121 Å². The number of nitrogens with zero attached hydrogens (tertiary/aromatic N) is 4. The lowest BCUT2D eigenvalue weighted by Crippen LogP contribution is -2.04. The molecule has 2 aliphatic rings. The summed E-state index contributed by atoms with van der Waals surface area (Å²) in [6.45, 7) is 0. The van der Waals surface area contributed by atoms with Gasteiger partial charge in [0.05, 0.1) is 44.6 Å². The van der Waals surface area contributed by atoms with Gasteiger partial charge in [0.15, 0.2) is 0 Å². The van der Waals surface area contributed by atoms with Crippen molar-refractivity contribution in [2.75, 3.05) is 0 Å². The second-order valence-electron chi connectivity index (χ2n) is 15.0. The van der Waals surface area contributed by atoms with Gasteiger partial charge in [-0.2, -0.15) is 10.5 Å². The smallest absolute Gasteiger partial charge is 0.101 e. The third kappa shape index (κ3) is 3.48. The van der Waals surface area contributed by atoms with Crippen molar-refractivity contribution in [2.45, 2.75) is 0 Å². The van der Waals surface area contributed by atoms with Crippen molar-refractivity contribution in [1.29, 1.82) is 10.5 Å². The monoisotopic (exact) mass is 706 g/mol. The van der Waals surface area contributed by atoms with E-state index in [2.05, 4.69) is 167 Å². The molecule has 2 aromatic heterocycles. The predicted molar refractivity (Wildman–Crippen MR) is 228 cm³/mol. The summed E-state index contributed by atoms with van der Waals surface area (Å²) >= 11 is 0. The summed E-state index contributed by atoms with van der Waals surface area (Å²) in [5.41, 5.74) is 16.2. The van der Waals surface area contributed by atoms with Crippen LogP contribution in [0.25, 0.3) is 121 Å². The maximum atomic E-state index is 11.1. The molecular formula is C52H26N4. The Morgan fingerprint density at radius 3 is 1.09 bits per heavy atom. The Morgan fingerprint density at radius 1 is 0.304 bits per heavy atom. The van der Waals surface area contributed by atoms with Crippen molar-refractivity contribution < 1.29 is 0 Å². The molecule has 0 bridgehead atoms. The number of benzene rings is 9. The molecule has 0 aliphatic heterocycles. The largest absolute Gasteiger partial charge is 0.308 e. The molecule has 56 heavy (non-hydrogen) atoms. The first-order chi connectivity index (χ1) is 27.7. The van der Waals surface area contributed by atoms with Crippen LogP contribution in [0.4, 0.5) is 0 Å². The quantitative estimate of drug-likeness (QED) is 0.180. The molecule has 0 atom stereocenters. The molecule has 4 nitrogen and oxygen atoms in total. The van der Waals surface area contributed by atoms with Crippen LogP contribution >= 0.6 is 0 Å². The maximum Gasteiger partial charge on any atom is 0.101 e. The Balaban J connectivity index is 1.14. The van der Waals surface area contributed by atoms with Crippen LogP contribution in [-0.2, 0) is 0 Å². The Labute approximate surface area is 320 Å². The van der Waals surface area contributed by atoms with E-state index in [4.69, 9.17) is 0 Å². The molecule has 0 saturated carbocycles. The van der Waals surface area contributed by atoms with E-state index in [1.807, 2.05) is 12.1 Å². The van der Waals surface area contributed by atoms with Crippen LogP contribution in [0.1, 0.15) is 11.1 Å². The first-order valence-corrected chi connectivity index (χ1v) is 18.9. The van der Waals surface area contributed by atoms with Gasteiger partial charge in [0.25, 0.3) is 0 Å². The lowest BCUT2D eigenvalue weighted by molar-refractivity contribution is 1.12. The SMILES string of the molecule is N#Cc1cc(-n2c3ccccc3c3c4cccc5c4c(cc32)-c2ccccc2-5)c(C#N)cc1-n1c2ccccc2c2c3cccc4c3c(cc21)-c1ccccc1-4. The standard InChI is InChI=1S/C52H26N4/c53-27-29-24-46(56-44-22-8-6-16-38(44)52-40-20-10-18-36-32-12-2-4-14-34(32)42(50(36)40)26-48(52)56)30(28-54)23-45(29)55-43-21-7-5-15-37(43)51-39-19-9-17-35-31-11-1-3-13-33(31)41(49(35)39)25-47(51)55/h1-26H. The van der Waals surface area contributed by atoms with E-state index in [0.717, 1.165) is 43.6 Å². The molecule has 4 heteroatoms. The van der Waals surface area contributed by atoms with E-state index >= 15 is 0 Å². The van der Waals surface area contributed by atoms with Crippen molar-refractivity contribution >= 4 is 65.2 Å². The van der Waals surface area contributed by atoms with Gasteiger partial charge in [-0.05, 0) is 102 Å². The summed E-state index contributed by atoms with van der Waals surface area (Å²) in [6, 6.07) is 60.9. The highest BCUT2D eigenvalue weighted by molar-refractivity contribution is 6.31. The van der Waals surface area contributed by atoms with Gasteiger partial charge in [0.1, 0.15) is 12.1 Å². The Hall–Kier alpha value is -7.92. The molecule has 2 aliphatic carbocycles. The number of fused-ring (bicyclic) bond motifs is 14. The number of rotatable bonds is 2. The Morgan fingerprint density at radius 2 is 0.661 bits per heavy atom. The molecule has 13 rings (SSSR count). The average molecular weight is 707 g/mol. The van der Waals surface area contributed by atoms with E-state index in [1.165, 1.54) is 66.1 Å². The number of aromatic nitrogens is 2. The zero-order chi connectivity index (χ0) is 36.8. The fourth-order valence-corrected chi connectivity index (χ4v) is 10.3. The topological polar surface area (TPSA) is 57.4 Å². The fraction of sp³-hybridized carbons (Fsp3) is 0. The first-order valence-electron chi connectivity index (χ1n) is 18.9. The van der Waals surface area contributed by atoms with Gasteiger partial charge >= 0.3 is 0 Å². The molecule has 0 spiro atoms. The molecule has 254 valence electrons. The van der Waals surface area contributed by atoms with Crippen LogP contribution in [0, 0.1) is 22.7 Å². The van der Waals surface area contributed by atoms with E-state index in [9.17, 15) is 10.5 Å². The number of hydrogen-bond acceptors (Lipinski definition) is 2. The van der Waals surface area contributed by atoms with Gasteiger partial charge in [-0.3, -0.25) is 0 Å². The molecule has 0 N–H and O–H groups in total. The van der Waals surface area contributed by atoms with Gasteiger partial charge in [-0.25, -0.2) is 0 Å². The molecule has 2 heterocycles. The van der Waals surface area contributed by atoms with E-state index in [0.29, 0.717) is 22.5 Å². The first kappa shape index (κ1) is 29.5. The van der Waals surface area contributed by atoms with Crippen molar-refractivity contribution in [2.24, 2.45) is 0 Å². The highest BCUT2D eigenvalue weighted by Gasteiger charge is 2.28. The molecule has 0 radical (unpaired) electrons. The third-order valence-electron chi connectivity index (χ3n) is 12.4. The minimum absolute atomic E-state index is 0.496. The number of para-hydroxylation sites is 2. The summed E-state index contributed by atoms with van der Waals surface area (Å²) < 4.78 is 4.41. The third-order valence-corrected chi connectivity index (χ3v) is 12.4. The van der Waals surface area contributed by atoms with Crippen LogP contribution in [0.2, 0.25) is 0 Å². The summed E-state index contributed by atoms with van der Waals surface area (Å²) in [4.78, 5) is 0. The van der Waals surface area contributed by atoms with E-state index in [1.54, 1.807) is 0 Å². The lowest BCUT2D eigenvalue weighted by atomic mass is 9.98. The van der Waals surface area contributed by atoms with Gasteiger partial charge in [-0.15, -0.1) is 0 Å². The van der Waals surface area contributed by atoms with E-state index in [-0.39, 0.29) is 0 Å². The molecule has 9 aromatic carbocycles. The van der Waals surface area contributed by atoms with Gasteiger partial charge < -0.3 is 9.13 Å². The van der Waals surface area contributed by atoms with Crippen LogP contribution in [0.3, 0.4) is 0 Å². The highest BCUT2D eigenvalue weighted by Crippen LogP contribution is 2.53. The van der Waals surface area contributed by atoms with Crippen molar-refractivity contribution in [3.8, 4) is 68.0 Å². The van der Waals surface area contributed by atoms with Crippen molar-refractivity contribution in [3.63, 3.8) is 0 Å². The maximum absolute atomic E-state index is 11.1. The molecule has 0 amide bonds. The highest BCUT2D eigenvalue weighted by atomic mass is 15.0. The summed E-state index contributed by atoms with van der Waals surface area (Å²) in [5.74, 6) is 0. The summed E-state index contributed by atoms with van der Waals surface area (Å²) in [5, 5.41) is 31.5. The predicted octanol–water partition coefficient (Wildman–Crippen LogP) is 13.2. The molecular weight excluding hydrogens is 681 g/mol. The normalized spacial score (nSPS) is 12.2. The second-order valence-corrected chi connectivity index (χ2v) is 15.0. The van der Waals surface area contributed by atoms with Crippen molar-refractivity contribution in [3.05, 3.63) is 169 Å². The minimum atomic E-state index is 0.496. The molecule has 11 aromatic rings. The average Bonchev–Trinajstić information content (AvgIpc) is 3.97. The Kier molecular flexibility index (Phi) is 5.48. The summed E-state index contributed by atoms with van der Waals surface area (Å²) in [7, 11) is 0. The van der Waals surface area contributed by atoms with E-state index < -0.39 is 0 Å². The zero-order valence-electron chi connectivity index (χ0n) is 29.8. The van der Waals surface area contributed by atoms with Crippen LogP contribution < -0.4 is 0 Å². The van der Waals surface area contributed by atoms with Crippen LogP contribution in [0.5, 0.6) is 0 Å². The Bertz CT molecular complexity index is 3480. The van der Waals surface area contributed by atoms with Gasteiger partial charge in [0.2, 0.25) is 0 Å². The second kappa shape index (κ2) is 10.4. The fourth-order valence-electron chi connectivity index (χ4n) is 10.3. The van der Waals surface area contributed by atoms with Gasteiger partial charge in [0, 0.05) is 21.5 Å². The van der Waals surface area contributed by atoms with Crippen LogP contribution in [0.15, 0.2) is 158 Å².